The highest BCUT2D eigenvalue weighted by molar-refractivity contribution is 6.30. The predicted molar refractivity (Wildman–Crippen MR) is 162 cm³/mol. The number of hydrogen-bond donors (Lipinski definition) is 3. The van der Waals surface area contributed by atoms with Gasteiger partial charge in [0, 0.05) is 41.6 Å². The molecule has 0 aliphatic heterocycles. The molecule has 4 aromatic rings. The van der Waals surface area contributed by atoms with Crippen LogP contribution in [-0.2, 0) is 17.9 Å². The summed E-state index contributed by atoms with van der Waals surface area (Å²) in [6, 6.07) is 20.5. The van der Waals surface area contributed by atoms with E-state index in [9.17, 15) is 4.79 Å². The van der Waals surface area contributed by atoms with Crippen LogP contribution < -0.4 is 16.0 Å². The molecule has 0 spiro atoms. The molecule has 4 rings (SSSR count). The Morgan fingerprint density at radius 1 is 0.846 bits per heavy atom. The molecule has 0 fully saturated rings. The lowest BCUT2D eigenvalue weighted by molar-refractivity contribution is -0.119. The molecule has 2 heterocycles. The molecular formula is C30H34Cl2N6O. The Kier molecular flexibility index (Phi) is 13.4. The Morgan fingerprint density at radius 2 is 1.51 bits per heavy atom. The molecule has 9 heteroatoms. The number of terminal acetylenes is 1. The number of aromatic nitrogens is 3. The van der Waals surface area contributed by atoms with Gasteiger partial charge in [-0.05, 0) is 53.4 Å². The van der Waals surface area contributed by atoms with Crippen LogP contribution in [0, 0.1) is 18.8 Å². The summed E-state index contributed by atoms with van der Waals surface area (Å²) in [6.45, 7) is 7.50. The van der Waals surface area contributed by atoms with E-state index in [0.29, 0.717) is 40.7 Å². The summed E-state index contributed by atoms with van der Waals surface area (Å²) in [7, 11) is 0. The Bertz CT molecular complexity index is 1300. The average Bonchev–Trinajstić information content (AvgIpc) is 3.47. The summed E-state index contributed by atoms with van der Waals surface area (Å²) in [5.41, 5.74) is 1.98. The molecule has 2 aromatic carbocycles. The third-order valence-corrected chi connectivity index (χ3v) is 5.24. The first-order valence-electron chi connectivity index (χ1n) is 12.4. The van der Waals surface area contributed by atoms with Crippen LogP contribution in [0.2, 0.25) is 10.0 Å². The van der Waals surface area contributed by atoms with Crippen molar-refractivity contribution >= 4 is 40.9 Å². The van der Waals surface area contributed by atoms with E-state index in [-0.39, 0.29) is 12.5 Å². The van der Waals surface area contributed by atoms with Crippen LogP contribution in [0.1, 0.15) is 31.9 Å². The zero-order chi connectivity index (χ0) is 28.6. The van der Waals surface area contributed by atoms with Gasteiger partial charge in [-0.3, -0.25) is 4.79 Å². The van der Waals surface area contributed by atoms with Crippen molar-refractivity contribution in [2.45, 2.75) is 33.9 Å². The van der Waals surface area contributed by atoms with Gasteiger partial charge in [0.2, 0.25) is 11.9 Å². The van der Waals surface area contributed by atoms with Gasteiger partial charge in [-0.25, -0.2) is 0 Å². The molecule has 0 saturated heterocycles. The van der Waals surface area contributed by atoms with Gasteiger partial charge >= 0.3 is 0 Å². The molecule has 0 atom stereocenters. The minimum Gasteiger partial charge on any atom is -0.361 e. The van der Waals surface area contributed by atoms with Gasteiger partial charge in [-0.2, -0.15) is 9.97 Å². The topological polar surface area (TPSA) is 83.9 Å². The summed E-state index contributed by atoms with van der Waals surface area (Å²) in [5, 5.41) is 10.5. The quantitative estimate of drug-likeness (QED) is 0.194. The third kappa shape index (κ3) is 11.9. The fraction of sp³-hybridized carbons (Fsp3) is 0.233. The molecule has 2 aromatic heterocycles. The minimum atomic E-state index is -0.153. The monoisotopic (exact) mass is 564 g/mol. The molecule has 0 radical (unpaired) electrons. The molecule has 0 bridgehead atoms. The van der Waals surface area contributed by atoms with E-state index in [2.05, 4.69) is 59.5 Å². The second kappa shape index (κ2) is 16.8. The Morgan fingerprint density at radius 3 is 2.15 bits per heavy atom. The third-order valence-electron chi connectivity index (χ3n) is 4.75. The first kappa shape index (κ1) is 31.2. The van der Waals surface area contributed by atoms with Crippen LogP contribution in [0.25, 0.3) is 5.82 Å². The summed E-state index contributed by atoms with van der Waals surface area (Å²) in [6.07, 6.45) is 11.8. The number of carbonyl (C=O) groups is 1. The van der Waals surface area contributed by atoms with Gasteiger partial charge in [0.1, 0.15) is 11.6 Å². The molecule has 3 N–H and O–H groups in total. The Labute approximate surface area is 241 Å². The molecular weight excluding hydrogens is 531 g/mol. The Balaban J connectivity index is 0.000000815. The van der Waals surface area contributed by atoms with Crippen molar-refractivity contribution in [2.24, 2.45) is 5.92 Å². The Hall–Kier alpha value is -3.99. The predicted octanol–water partition coefficient (Wildman–Crippen LogP) is 6.83. The van der Waals surface area contributed by atoms with Crippen molar-refractivity contribution in [2.75, 3.05) is 17.2 Å². The summed E-state index contributed by atoms with van der Waals surface area (Å²) >= 11 is 12.0. The van der Waals surface area contributed by atoms with Crippen molar-refractivity contribution in [3.05, 3.63) is 100 Å². The fourth-order valence-corrected chi connectivity index (χ4v) is 3.43. The first-order chi connectivity index (χ1) is 18.8. The van der Waals surface area contributed by atoms with E-state index in [4.69, 9.17) is 23.2 Å². The lowest BCUT2D eigenvalue weighted by Crippen LogP contribution is -2.29. The lowest BCUT2D eigenvalue weighted by Gasteiger charge is -2.12. The van der Waals surface area contributed by atoms with Crippen LogP contribution >= 0.6 is 23.2 Å². The van der Waals surface area contributed by atoms with Crippen molar-refractivity contribution in [1.29, 1.82) is 0 Å². The van der Waals surface area contributed by atoms with Crippen molar-refractivity contribution < 1.29 is 4.79 Å². The zero-order valence-electron chi connectivity index (χ0n) is 22.4. The number of hydrogen-bond acceptors (Lipinski definition) is 5. The van der Waals surface area contributed by atoms with E-state index in [1.165, 1.54) is 0 Å². The second-order valence-electron chi connectivity index (χ2n) is 9.00. The van der Waals surface area contributed by atoms with Crippen molar-refractivity contribution in [1.82, 2.24) is 19.9 Å². The summed E-state index contributed by atoms with van der Waals surface area (Å²) in [5.74, 6) is 2.32. The van der Waals surface area contributed by atoms with Crippen LogP contribution in [0.15, 0.2) is 79.1 Å². The number of nitrogens with zero attached hydrogens (tertiary/aromatic N) is 3. The highest BCUT2D eigenvalue weighted by Gasteiger charge is 2.08. The standard InChI is InChI=1S/C24H22Cl2N6O.C4H10.C2H2/c25-19-8-6-17(7-9-19)14-28-23(33)16-27-21-13-22(32-10-1-2-11-32)31-24(30-21)29-15-18-4-3-5-20(26)12-18;1-4(2)3;1-2/h1-13H,14-16H2,(H,28,33)(H2,27,29,30,31);4H,1-3H3;1-2H. The number of carbonyl (C=O) groups excluding carboxylic acids is 1. The van der Waals surface area contributed by atoms with Gasteiger partial charge in [-0.1, -0.05) is 68.2 Å². The molecule has 0 unspecified atom stereocenters. The molecule has 204 valence electrons. The fourth-order valence-electron chi connectivity index (χ4n) is 3.09. The largest absolute Gasteiger partial charge is 0.361 e. The van der Waals surface area contributed by atoms with Crippen LogP contribution in [0.3, 0.4) is 0 Å². The van der Waals surface area contributed by atoms with E-state index >= 15 is 0 Å². The minimum absolute atomic E-state index is 0.0729. The number of rotatable bonds is 9. The normalized spacial score (nSPS) is 9.95. The molecule has 39 heavy (non-hydrogen) atoms. The number of benzene rings is 2. The van der Waals surface area contributed by atoms with E-state index in [0.717, 1.165) is 17.0 Å². The SMILES string of the molecule is C#C.CC(C)C.O=C(CNc1cc(-n2cccc2)nc(NCc2cccc(Cl)c2)n1)NCc1ccc(Cl)cc1. The van der Waals surface area contributed by atoms with E-state index < -0.39 is 0 Å². The lowest BCUT2D eigenvalue weighted by atomic mass is 10.2. The van der Waals surface area contributed by atoms with Gasteiger partial charge in [0.25, 0.3) is 0 Å². The number of anilines is 2. The maximum Gasteiger partial charge on any atom is 0.239 e. The smallest absolute Gasteiger partial charge is 0.239 e. The van der Waals surface area contributed by atoms with Gasteiger partial charge in [-0.15, -0.1) is 12.8 Å². The van der Waals surface area contributed by atoms with Crippen molar-refractivity contribution in [3.63, 3.8) is 0 Å². The number of nitrogens with one attached hydrogen (secondary N) is 3. The van der Waals surface area contributed by atoms with Gasteiger partial charge in [0.05, 0.1) is 6.54 Å². The molecule has 7 nitrogen and oxygen atoms in total. The maximum atomic E-state index is 12.3. The number of halogens is 2. The average molecular weight is 566 g/mol. The number of amides is 1. The van der Waals surface area contributed by atoms with Crippen LogP contribution in [0.4, 0.5) is 11.8 Å². The van der Waals surface area contributed by atoms with Gasteiger partial charge in [0.15, 0.2) is 0 Å². The highest BCUT2D eigenvalue weighted by atomic mass is 35.5. The second-order valence-corrected chi connectivity index (χ2v) is 9.87. The highest BCUT2D eigenvalue weighted by Crippen LogP contribution is 2.16. The maximum absolute atomic E-state index is 12.3. The first-order valence-corrected chi connectivity index (χ1v) is 13.1. The van der Waals surface area contributed by atoms with Crippen LogP contribution in [-0.4, -0.2) is 27.0 Å². The molecule has 0 aliphatic rings. The zero-order valence-corrected chi connectivity index (χ0v) is 23.9. The van der Waals surface area contributed by atoms with Crippen LogP contribution in [0.5, 0.6) is 0 Å². The summed E-state index contributed by atoms with van der Waals surface area (Å²) < 4.78 is 1.87. The molecule has 0 aliphatic carbocycles. The van der Waals surface area contributed by atoms with E-state index in [1.807, 2.05) is 65.5 Å². The van der Waals surface area contributed by atoms with Gasteiger partial charge < -0.3 is 20.5 Å². The molecule has 1 amide bonds. The van der Waals surface area contributed by atoms with Crippen molar-refractivity contribution in [3.8, 4) is 18.7 Å². The summed E-state index contributed by atoms with van der Waals surface area (Å²) in [4.78, 5) is 21.4. The molecule has 0 saturated carbocycles. The van der Waals surface area contributed by atoms with E-state index in [1.54, 1.807) is 18.2 Å².